The molecular formula is C32H61N3O4. The smallest absolute Gasteiger partial charge is 0.0637 e. The summed E-state index contributed by atoms with van der Waals surface area (Å²) < 4.78 is 20.0. The van der Waals surface area contributed by atoms with Crippen LogP contribution >= 0.6 is 0 Å². The summed E-state index contributed by atoms with van der Waals surface area (Å²) in [6, 6.07) is 0. The third kappa shape index (κ3) is 6.40. The molecule has 0 aromatic carbocycles. The van der Waals surface area contributed by atoms with Gasteiger partial charge in [0, 0.05) is 31.8 Å². The van der Waals surface area contributed by atoms with Crippen molar-refractivity contribution in [2.24, 2.45) is 63.5 Å². The maximum absolute atomic E-state index is 9.83. The third-order valence-electron chi connectivity index (χ3n) is 12.1. The molecule has 11 atom stereocenters. The van der Waals surface area contributed by atoms with E-state index < -0.39 is 0 Å². The number of rotatable bonds is 15. The third-order valence-corrected chi connectivity index (χ3v) is 12.1. The van der Waals surface area contributed by atoms with Gasteiger partial charge < -0.3 is 36.5 Å². The van der Waals surface area contributed by atoms with Gasteiger partial charge in [0.25, 0.3) is 0 Å². The number of hydrogen-bond donors (Lipinski definition) is 4. The van der Waals surface area contributed by atoms with Gasteiger partial charge in [-0.1, -0.05) is 20.8 Å². The molecule has 228 valence electrons. The lowest BCUT2D eigenvalue weighted by molar-refractivity contribution is -0.227. The fourth-order valence-corrected chi connectivity index (χ4v) is 10.0. The van der Waals surface area contributed by atoms with E-state index >= 15 is 0 Å². The van der Waals surface area contributed by atoms with Gasteiger partial charge in [-0.25, -0.2) is 0 Å². The maximum Gasteiger partial charge on any atom is 0.0637 e. The number of fused-ring (bicyclic) bond motifs is 5. The average molecular weight is 552 g/mol. The number of aliphatic hydroxyl groups excluding tert-OH is 1. The first-order valence-electron chi connectivity index (χ1n) is 16.4. The molecule has 4 rings (SSSR count). The fourth-order valence-electron chi connectivity index (χ4n) is 10.0. The van der Waals surface area contributed by atoms with Gasteiger partial charge in [0.1, 0.15) is 0 Å². The Hall–Kier alpha value is -0.280. The van der Waals surface area contributed by atoms with E-state index in [1.54, 1.807) is 0 Å². The number of hydrogen-bond acceptors (Lipinski definition) is 7. The second-order valence-electron chi connectivity index (χ2n) is 14.0. The van der Waals surface area contributed by atoms with Crippen LogP contribution in [0.2, 0.25) is 0 Å². The topological polar surface area (TPSA) is 126 Å². The summed E-state index contributed by atoms with van der Waals surface area (Å²) in [6.07, 6.45) is 12.8. The van der Waals surface area contributed by atoms with Crippen molar-refractivity contribution in [3.05, 3.63) is 0 Å². The van der Waals surface area contributed by atoms with E-state index in [-0.39, 0.29) is 29.6 Å². The van der Waals surface area contributed by atoms with Crippen LogP contribution in [0.5, 0.6) is 0 Å². The van der Waals surface area contributed by atoms with E-state index in [0.29, 0.717) is 61.2 Å². The first kappa shape index (κ1) is 31.7. The van der Waals surface area contributed by atoms with Gasteiger partial charge >= 0.3 is 0 Å². The molecule has 0 amide bonds. The highest BCUT2D eigenvalue weighted by atomic mass is 16.5. The molecule has 0 aromatic heterocycles. The zero-order valence-electron chi connectivity index (χ0n) is 25.3. The summed E-state index contributed by atoms with van der Waals surface area (Å²) in [5, 5.41) is 9.83. The normalized spacial score (nSPS) is 42.5. The Morgan fingerprint density at radius 3 is 2.15 bits per heavy atom. The van der Waals surface area contributed by atoms with Crippen molar-refractivity contribution in [1.82, 2.24) is 0 Å². The molecule has 0 bridgehead atoms. The van der Waals surface area contributed by atoms with Crippen LogP contribution in [-0.4, -0.2) is 69.5 Å². The van der Waals surface area contributed by atoms with Crippen molar-refractivity contribution in [2.75, 3.05) is 46.1 Å². The predicted molar refractivity (Wildman–Crippen MR) is 157 cm³/mol. The lowest BCUT2D eigenvalue weighted by Gasteiger charge is -2.65. The molecule has 4 aliphatic carbocycles. The Kier molecular flexibility index (Phi) is 11.6. The second kappa shape index (κ2) is 14.3. The van der Waals surface area contributed by atoms with Gasteiger partial charge in [0.05, 0.1) is 18.3 Å². The molecule has 5 unspecified atom stereocenters. The molecule has 0 radical (unpaired) electrons. The maximum atomic E-state index is 9.83. The molecule has 39 heavy (non-hydrogen) atoms. The predicted octanol–water partition coefficient (Wildman–Crippen LogP) is 4.09. The van der Waals surface area contributed by atoms with Crippen LogP contribution in [0.3, 0.4) is 0 Å². The minimum Gasteiger partial charge on any atom is -0.396 e. The van der Waals surface area contributed by atoms with Gasteiger partial charge in [-0.05, 0) is 131 Å². The second-order valence-corrected chi connectivity index (χ2v) is 14.0. The molecule has 7 heteroatoms. The Bertz CT molecular complexity index is 742. The van der Waals surface area contributed by atoms with Crippen LogP contribution < -0.4 is 17.2 Å². The van der Waals surface area contributed by atoms with Crippen LogP contribution in [0.25, 0.3) is 0 Å². The number of aliphatic hydroxyl groups is 1. The molecule has 4 aliphatic rings. The first-order chi connectivity index (χ1) is 18.8. The van der Waals surface area contributed by atoms with Crippen LogP contribution in [-0.2, 0) is 14.2 Å². The van der Waals surface area contributed by atoms with Gasteiger partial charge in [-0.3, -0.25) is 0 Å². The van der Waals surface area contributed by atoms with Crippen LogP contribution in [0.4, 0.5) is 0 Å². The average Bonchev–Trinajstić information content (AvgIpc) is 3.28. The van der Waals surface area contributed by atoms with Gasteiger partial charge in [-0.2, -0.15) is 0 Å². The highest BCUT2D eigenvalue weighted by molar-refractivity contribution is 5.15. The van der Waals surface area contributed by atoms with Crippen LogP contribution in [0, 0.1) is 46.3 Å². The minimum atomic E-state index is 0.103. The molecule has 0 heterocycles. The zero-order chi connectivity index (χ0) is 28.0. The van der Waals surface area contributed by atoms with Crippen molar-refractivity contribution >= 4 is 0 Å². The highest BCUT2D eigenvalue weighted by Gasteiger charge is 2.66. The van der Waals surface area contributed by atoms with Crippen molar-refractivity contribution in [1.29, 1.82) is 0 Å². The van der Waals surface area contributed by atoms with Crippen LogP contribution in [0.1, 0.15) is 91.4 Å². The Labute approximate surface area is 238 Å². The first-order valence-corrected chi connectivity index (χ1v) is 16.4. The standard InChI is InChI=1S/C32H61N3O4/c1-22(10-15-36)25-7-8-26-30-27(21-29(32(25,26)3)39-18-6-14-35)31(2)11-9-24(37-16-4-12-33)19-23(31)20-28(30)38-17-5-13-34/h22-30,36H,4-21,33-35H2,1-3H3/t22-,23?,24-,25?,26+,27+,28-,29+,30?,31?,32?/m1/s1. The molecule has 4 saturated carbocycles. The molecule has 0 aliphatic heterocycles. The number of ether oxygens (including phenoxy) is 3. The van der Waals surface area contributed by atoms with Crippen molar-refractivity contribution in [3.8, 4) is 0 Å². The van der Waals surface area contributed by atoms with Crippen molar-refractivity contribution in [3.63, 3.8) is 0 Å². The molecule has 7 nitrogen and oxygen atoms in total. The van der Waals surface area contributed by atoms with Gasteiger partial charge in [0.2, 0.25) is 0 Å². The van der Waals surface area contributed by atoms with E-state index in [9.17, 15) is 5.11 Å². The summed E-state index contributed by atoms with van der Waals surface area (Å²) in [4.78, 5) is 0. The Morgan fingerprint density at radius 1 is 0.821 bits per heavy atom. The Balaban J connectivity index is 1.64. The molecule has 0 spiro atoms. The summed E-state index contributed by atoms with van der Waals surface area (Å²) in [7, 11) is 0. The molecule has 4 fully saturated rings. The van der Waals surface area contributed by atoms with E-state index in [4.69, 9.17) is 31.4 Å². The largest absolute Gasteiger partial charge is 0.396 e. The van der Waals surface area contributed by atoms with Gasteiger partial charge in [-0.15, -0.1) is 0 Å². The molecule has 0 aromatic rings. The minimum absolute atomic E-state index is 0.103. The zero-order valence-corrected chi connectivity index (χ0v) is 25.3. The van der Waals surface area contributed by atoms with Crippen LogP contribution in [0.15, 0.2) is 0 Å². The number of nitrogens with two attached hydrogens (primary N) is 3. The van der Waals surface area contributed by atoms with E-state index in [1.807, 2.05) is 0 Å². The van der Waals surface area contributed by atoms with Crippen molar-refractivity contribution < 1.29 is 19.3 Å². The summed E-state index contributed by atoms with van der Waals surface area (Å²) in [5.74, 6) is 3.41. The van der Waals surface area contributed by atoms with E-state index in [2.05, 4.69) is 20.8 Å². The molecule has 0 saturated heterocycles. The molecular weight excluding hydrogens is 490 g/mol. The SMILES string of the molecule is C[C@H](CCO)C1CC[C@H]2C3[C@H](OCCCN)CC4C[C@H](OCCCN)CCC4(C)[C@H]3C[C@H](OCCCN)C12C. The monoisotopic (exact) mass is 551 g/mol. The lowest BCUT2D eigenvalue weighted by Crippen LogP contribution is -2.63. The summed E-state index contributed by atoms with van der Waals surface area (Å²) in [6.45, 7) is 12.1. The van der Waals surface area contributed by atoms with Crippen molar-refractivity contribution in [2.45, 2.75) is 110 Å². The van der Waals surface area contributed by atoms with E-state index in [0.717, 1.165) is 71.2 Å². The van der Waals surface area contributed by atoms with Gasteiger partial charge in [0.15, 0.2) is 0 Å². The lowest BCUT2D eigenvalue weighted by atomic mass is 9.43. The summed E-state index contributed by atoms with van der Waals surface area (Å²) in [5.41, 5.74) is 17.9. The quantitative estimate of drug-likeness (QED) is 0.226. The Morgan fingerprint density at radius 2 is 1.49 bits per heavy atom. The van der Waals surface area contributed by atoms with E-state index in [1.165, 1.54) is 19.3 Å². The summed E-state index contributed by atoms with van der Waals surface area (Å²) >= 11 is 0. The fraction of sp³-hybridized carbons (Fsp3) is 1.00. The molecule has 7 N–H and O–H groups in total. The highest BCUT2D eigenvalue weighted by Crippen LogP contribution is 2.69.